The number of pyridine rings is 1. The van der Waals surface area contributed by atoms with E-state index in [9.17, 15) is 4.39 Å². The van der Waals surface area contributed by atoms with Gasteiger partial charge in [0.25, 0.3) is 0 Å². The van der Waals surface area contributed by atoms with Crippen molar-refractivity contribution in [3.63, 3.8) is 0 Å². The molecule has 0 spiro atoms. The Morgan fingerprint density at radius 1 is 1.56 bits per heavy atom. The number of hydrogen-bond acceptors (Lipinski definition) is 4. The van der Waals surface area contributed by atoms with Crippen molar-refractivity contribution in [1.29, 1.82) is 0 Å². The van der Waals surface area contributed by atoms with Crippen molar-refractivity contribution < 1.29 is 9.13 Å². The van der Waals surface area contributed by atoms with Gasteiger partial charge in [0.15, 0.2) is 11.6 Å². The standard InChI is InChI=1S/C11H12ClFN4O/c1-17-6-8(12)10(16-17)15-5-7-3-4-14-11(18-2)9(7)13/h3-4,6H,5H2,1-2H3,(H,15,16). The molecule has 0 fully saturated rings. The van der Waals surface area contributed by atoms with Crippen molar-refractivity contribution in [3.8, 4) is 5.88 Å². The van der Waals surface area contributed by atoms with Gasteiger partial charge in [0.1, 0.15) is 5.02 Å². The summed E-state index contributed by atoms with van der Waals surface area (Å²) in [5.41, 5.74) is 0.434. The van der Waals surface area contributed by atoms with E-state index < -0.39 is 5.82 Å². The van der Waals surface area contributed by atoms with Gasteiger partial charge in [0.2, 0.25) is 5.88 Å². The third-order valence-corrected chi connectivity index (χ3v) is 2.64. The molecule has 0 saturated heterocycles. The Hall–Kier alpha value is -1.82. The highest BCUT2D eigenvalue weighted by molar-refractivity contribution is 6.32. The molecule has 1 N–H and O–H groups in total. The van der Waals surface area contributed by atoms with E-state index in [1.54, 1.807) is 24.0 Å². The molecule has 0 bridgehead atoms. The minimum atomic E-state index is -0.487. The lowest BCUT2D eigenvalue weighted by molar-refractivity contribution is 0.367. The third-order valence-electron chi connectivity index (χ3n) is 2.36. The average Bonchev–Trinajstić information content (AvgIpc) is 2.66. The van der Waals surface area contributed by atoms with Crippen LogP contribution in [0.15, 0.2) is 18.5 Å². The van der Waals surface area contributed by atoms with Crippen LogP contribution in [-0.4, -0.2) is 21.9 Å². The number of nitrogens with zero attached hydrogens (tertiary/aromatic N) is 3. The minimum Gasteiger partial charge on any atom is -0.479 e. The second-order valence-electron chi connectivity index (χ2n) is 3.65. The molecule has 0 radical (unpaired) electrons. The van der Waals surface area contributed by atoms with Gasteiger partial charge < -0.3 is 10.1 Å². The summed E-state index contributed by atoms with van der Waals surface area (Å²) in [7, 11) is 3.13. The molecule has 7 heteroatoms. The topological polar surface area (TPSA) is 52.0 Å². The van der Waals surface area contributed by atoms with Crippen molar-refractivity contribution in [1.82, 2.24) is 14.8 Å². The minimum absolute atomic E-state index is 0.0265. The Morgan fingerprint density at radius 3 is 2.94 bits per heavy atom. The fraction of sp³-hybridized carbons (Fsp3) is 0.273. The molecule has 0 aliphatic heterocycles. The fourth-order valence-electron chi connectivity index (χ4n) is 1.50. The highest BCUT2D eigenvalue weighted by Gasteiger charge is 2.11. The largest absolute Gasteiger partial charge is 0.479 e. The predicted octanol–water partition coefficient (Wildman–Crippen LogP) is 2.23. The maximum absolute atomic E-state index is 13.8. The van der Waals surface area contributed by atoms with Crippen LogP contribution in [0.3, 0.4) is 0 Å². The summed E-state index contributed by atoms with van der Waals surface area (Å²) in [6.45, 7) is 0.251. The first kappa shape index (κ1) is 12.6. The molecule has 0 aliphatic rings. The van der Waals surface area contributed by atoms with Gasteiger partial charge in [0, 0.05) is 31.5 Å². The van der Waals surface area contributed by atoms with E-state index in [-0.39, 0.29) is 12.4 Å². The number of nitrogens with one attached hydrogen (secondary N) is 1. The zero-order valence-corrected chi connectivity index (χ0v) is 10.7. The van der Waals surface area contributed by atoms with Crippen LogP contribution in [0.25, 0.3) is 0 Å². The van der Waals surface area contributed by atoms with E-state index in [0.29, 0.717) is 16.4 Å². The maximum atomic E-state index is 13.8. The van der Waals surface area contributed by atoms with Crippen LogP contribution >= 0.6 is 11.6 Å². The van der Waals surface area contributed by atoms with Crippen LogP contribution in [-0.2, 0) is 13.6 Å². The lowest BCUT2D eigenvalue weighted by atomic mass is 10.2. The first-order valence-electron chi connectivity index (χ1n) is 5.22. The van der Waals surface area contributed by atoms with E-state index in [4.69, 9.17) is 16.3 Å². The van der Waals surface area contributed by atoms with E-state index in [0.717, 1.165) is 0 Å². The summed E-state index contributed by atoms with van der Waals surface area (Å²) in [5.74, 6) is -0.00434. The predicted molar refractivity (Wildman–Crippen MR) is 66.3 cm³/mol. The van der Waals surface area contributed by atoms with E-state index >= 15 is 0 Å². The monoisotopic (exact) mass is 270 g/mol. The summed E-state index contributed by atoms with van der Waals surface area (Å²) in [6.07, 6.45) is 3.15. The van der Waals surface area contributed by atoms with Crippen LogP contribution in [0.1, 0.15) is 5.56 Å². The van der Waals surface area contributed by atoms with Gasteiger partial charge >= 0.3 is 0 Å². The molecule has 18 heavy (non-hydrogen) atoms. The molecule has 2 aromatic rings. The molecule has 0 amide bonds. The van der Waals surface area contributed by atoms with E-state index in [1.807, 2.05) is 0 Å². The Morgan fingerprint density at radius 2 is 2.33 bits per heavy atom. The van der Waals surface area contributed by atoms with Gasteiger partial charge in [-0.05, 0) is 6.07 Å². The van der Waals surface area contributed by atoms with Gasteiger partial charge in [0.05, 0.1) is 7.11 Å². The summed E-state index contributed by atoms with van der Waals surface area (Å²) in [5, 5.41) is 7.54. The number of anilines is 1. The van der Waals surface area contributed by atoms with Crippen molar-refractivity contribution in [2.24, 2.45) is 7.05 Å². The number of aromatic nitrogens is 3. The van der Waals surface area contributed by atoms with Crippen LogP contribution in [0.4, 0.5) is 10.2 Å². The highest BCUT2D eigenvalue weighted by atomic mass is 35.5. The quantitative estimate of drug-likeness (QED) is 0.926. The molecule has 2 aromatic heterocycles. The lowest BCUT2D eigenvalue weighted by Crippen LogP contribution is -2.05. The first-order chi connectivity index (χ1) is 8.61. The van der Waals surface area contributed by atoms with Gasteiger partial charge in [-0.1, -0.05) is 11.6 Å². The number of halogens is 2. The number of ether oxygens (including phenoxy) is 1. The van der Waals surface area contributed by atoms with Gasteiger partial charge in [-0.2, -0.15) is 5.10 Å². The highest BCUT2D eigenvalue weighted by Crippen LogP contribution is 2.21. The molecule has 0 aliphatic carbocycles. The molecule has 2 heterocycles. The number of methoxy groups -OCH3 is 1. The smallest absolute Gasteiger partial charge is 0.250 e. The normalized spacial score (nSPS) is 10.4. The van der Waals surface area contributed by atoms with E-state index in [1.165, 1.54) is 13.3 Å². The maximum Gasteiger partial charge on any atom is 0.250 e. The second kappa shape index (κ2) is 5.22. The number of aryl methyl sites for hydroxylation is 1. The molecule has 5 nitrogen and oxygen atoms in total. The van der Waals surface area contributed by atoms with Crippen molar-refractivity contribution in [2.75, 3.05) is 12.4 Å². The van der Waals surface area contributed by atoms with Gasteiger partial charge in [-0.25, -0.2) is 9.37 Å². The van der Waals surface area contributed by atoms with Crippen molar-refractivity contribution in [2.45, 2.75) is 6.54 Å². The van der Waals surface area contributed by atoms with Crippen LogP contribution in [0.2, 0.25) is 5.02 Å². The Kier molecular flexibility index (Phi) is 3.66. The number of hydrogen-bond donors (Lipinski definition) is 1. The molecule has 96 valence electrons. The van der Waals surface area contributed by atoms with E-state index in [2.05, 4.69) is 15.4 Å². The molecule has 0 unspecified atom stereocenters. The molecular weight excluding hydrogens is 259 g/mol. The molecule has 0 atom stereocenters. The summed E-state index contributed by atoms with van der Waals surface area (Å²) < 4.78 is 20.2. The third kappa shape index (κ3) is 2.53. The average molecular weight is 271 g/mol. The Labute approximate surface area is 109 Å². The SMILES string of the molecule is COc1nccc(CNc2nn(C)cc2Cl)c1F. The van der Waals surface area contributed by atoms with Gasteiger partial charge in [-0.3, -0.25) is 4.68 Å². The molecule has 0 aromatic carbocycles. The molecule has 2 rings (SSSR count). The molecule has 0 saturated carbocycles. The van der Waals surface area contributed by atoms with Crippen LogP contribution in [0, 0.1) is 5.82 Å². The van der Waals surface area contributed by atoms with Crippen LogP contribution < -0.4 is 10.1 Å². The number of rotatable bonds is 4. The summed E-state index contributed by atoms with van der Waals surface area (Å²) in [6, 6.07) is 1.57. The zero-order valence-electron chi connectivity index (χ0n) is 9.94. The summed E-state index contributed by atoms with van der Waals surface area (Å²) in [4.78, 5) is 3.76. The van der Waals surface area contributed by atoms with Gasteiger partial charge in [-0.15, -0.1) is 0 Å². The van der Waals surface area contributed by atoms with Crippen LogP contribution in [0.5, 0.6) is 5.88 Å². The van der Waals surface area contributed by atoms with Crippen molar-refractivity contribution in [3.05, 3.63) is 34.9 Å². The summed E-state index contributed by atoms with van der Waals surface area (Å²) >= 11 is 5.93. The lowest BCUT2D eigenvalue weighted by Gasteiger charge is -2.07. The van der Waals surface area contributed by atoms with Crippen molar-refractivity contribution >= 4 is 17.4 Å². The molecular formula is C11H12ClFN4O. The fourth-order valence-corrected chi connectivity index (χ4v) is 1.75. The Bertz CT molecular complexity index is 558. The first-order valence-corrected chi connectivity index (χ1v) is 5.60. The second-order valence-corrected chi connectivity index (χ2v) is 4.05. The Balaban J connectivity index is 2.13. The zero-order chi connectivity index (χ0) is 13.1.